The number of anilines is 1. The summed E-state index contributed by atoms with van der Waals surface area (Å²) in [6.45, 7) is 2.01. The summed E-state index contributed by atoms with van der Waals surface area (Å²) in [5, 5.41) is 12.7. The number of para-hydroxylation sites is 1. The van der Waals surface area contributed by atoms with E-state index in [0.29, 0.717) is 23.4 Å². The van der Waals surface area contributed by atoms with E-state index >= 15 is 0 Å². The average Bonchev–Trinajstić information content (AvgIpc) is 3.00. The third-order valence-corrected chi connectivity index (χ3v) is 6.23. The number of nitriles is 1. The molecule has 2 atom stereocenters. The van der Waals surface area contributed by atoms with Gasteiger partial charge in [0.05, 0.1) is 5.57 Å². The molecule has 0 saturated carbocycles. The molecule has 0 radical (unpaired) electrons. The van der Waals surface area contributed by atoms with E-state index in [1.807, 2.05) is 37.3 Å². The summed E-state index contributed by atoms with van der Waals surface area (Å²) in [7, 11) is 0. The number of allylic oxidation sites excluding steroid dienone is 1. The van der Waals surface area contributed by atoms with E-state index in [1.54, 1.807) is 24.3 Å². The molecule has 0 unspecified atom stereocenters. The molecule has 0 aromatic heterocycles. The van der Waals surface area contributed by atoms with Crippen LogP contribution in [0.15, 0.2) is 71.3 Å². The zero-order valence-corrected chi connectivity index (χ0v) is 16.4. The van der Waals surface area contributed by atoms with Gasteiger partial charge in [-0.3, -0.25) is 9.59 Å². The van der Waals surface area contributed by atoms with Crippen LogP contribution < -0.4 is 11.1 Å². The maximum Gasteiger partial charge on any atom is 0.245 e. The molecule has 2 aromatic rings. The number of ketones is 1. The summed E-state index contributed by atoms with van der Waals surface area (Å²) in [4.78, 5) is 26.8. The first kappa shape index (κ1) is 18.2. The lowest BCUT2D eigenvalue weighted by atomic mass is 9.63. The van der Waals surface area contributed by atoms with Crippen molar-refractivity contribution in [1.82, 2.24) is 0 Å². The number of amides is 1. The smallest absolute Gasteiger partial charge is 0.245 e. The van der Waals surface area contributed by atoms with Crippen LogP contribution in [-0.4, -0.2) is 11.7 Å². The minimum atomic E-state index is -1.56. The number of nitrogens with zero attached hydrogens (tertiary/aromatic N) is 1. The van der Waals surface area contributed by atoms with Crippen molar-refractivity contribution >= 4 is 17.4 Å². The maximum absolute atomic E-state index is 13.5. The summed E-state index contributed by atoms with van der Waals surface area (Å²) in [5.74, 6) is -0.472. The monoisotopic (exact) mass is 397 g/mol. The van der Waals surface area contributed by atoms with Crippen LogP contribution >= 0.6 is 0 Å². The molecule has 30 heavy (non-hydrogen) atoms. The lowest BCUT2D eigenvalue weighted by molar-refractivity contribution is -0.123. The Morgan fingerprint density at radius 3 is 2.60 bits per heavy atom. The fraction of sp³-hybridized carbons (Fsp3) is 0.208. The molecule has 2 aliphatic heterocycles. The molecule has 0 bridgehead atoms. The van der Waals surface area contributed by atoms with Gasteiger partial charge in [-0.1, -0.05) is 48.0 Å². The normalized spacial score (nSPS) is 24.9. The molecule has 0 fully saturated rings. The molecule has 3 N–H and O–H groups in total. The van der Waals surface area contributed by atoms with E-state index in [-0.39, 0.29) is 35.2 Å². The summed E-state index contributed by atoms with van der Waals surface area (Å²) in [6, 6.07) is 17.2. The minimum Gasteiger partial charge on any atom is -0.444 e. The lowest BCUT2D eigenvalue weighted by Gasteiger charge is -2.38. The second-order valence-electron chi connectivity index (χ2n) is 7.94. The molecule has 6 heteroatoms. The van der Waals surface area contributed by atoms with Gasteiger partial charge >= 0.3 is 0 Å². The number of fused-ring (bicyclic) bond motifs is 3. The first-order valence-electron chi connectivity index (χ1n) is 9.79. The van der Waals surface area contributed by atoms with Gasteiger partial charge in [0.1, 0.15) is 22.8 Å². The third-order valence-electron chi connectivity index (χ3n) is 6.23. The molecule has 1 aliphatic carbocycles. The van der Waals surface area contributed by atoms with Crippen LogP contribution in [0.1, 0.15) is 35.4 Å². The van der Waals surface area contributed by atoms with Crippen LogP contribution in [0.4, 0.5) is 5.69 Å². The van der Waals surface area contributed by atoms with Crippen molar-refractivity contribution < 1.29 is 14.3 Å². The van der Waals surface area contributed by atoms with Gasteiger partial charge in [0.25, 0.3) is 0 Å². The van der Waals surface area contributed by atoms with Crippen molar-refractivity contribution in [3.05, 3.63) is 88.0 Å². The van der Waals surface area contributed by atoms with Crippen molar-refractivity contribution in [2.75, 3.05) is 5.32 Å². The first-order chi connectivity index (χ1) is 14.5. The maximum atomic E-state index is 13.5. The van der Waals surface area contributed by atoms with E-state index in [4.69, 9.17) is 10.5 Å². The van der Waals surface area contributed by atoms with Crippen molar-refractivity contribution in [3.63, 3.8) is 0 Å². The Morgan fingerprint density at radius 1 is 1.13 bits per heavy atom. The van der Waals surface area contributed by atoms with E-state index < -0.39 is 11.3 Å². The molecule has 5 rings (SSSR count). The van der Waals surface area contributed by atoms with Crippen LogP contribution in [0, 0.1) is 18.3 Å². The summed E-state index contributed by atoms with van der Waals surface area (Å²) in [5.41, 5.74) is 8.08. The van der Waals surface area contributed by atoms with Gasteiger partial charge in [0.2, 0.25) is 11.8 Å². The van der Waals surface area contributed by atoms with Crippen LogP contribution in [0.2, 0.25) is 0 Å². The van der Waals surface area contributed by atoms with Crippen LogP contribution in [-0.2, 0) is 19.7 Å². The van der Waals surface area contributed by atoms with Gasteiger partial charge in [-0.05, 0) is 24.5 Å². The highest BCUT2D eigenvalue weighted by atomic mass is 16.5. The number of rotatable bonds is 1. The molecule has 2 heterocycles. The highest BCUT2D eigenvalue weighted by Crippen LogP contribution is 2.55. The van der Waals surface area contributed by atoms with E-state index in [2.05, 4.69) is 5.32 Å². The van der Waals surface area contributed by atoms with E-state index in [0.717, 1.165) is 11.1 Å². The molecule has 6 nitrogen and oxygen atoms in total. The number of carbonyl (C=O) groups excluding carboxylic acids is 2. The topological polar surface area (TPSA) is 105 Å². The Bertz CT molecular complexity index is 1220. The standard InChI is InChI=1S/C24H19N3O3/c1-13-6-8-14(9-7-13)15-10-19(28)21-20(11-15)30-22(26)17(12-25)24(21)16-4-2-3-5-18(16)27-23(24)29/h2-9,15H,10-11,26H2,1H3,(H,27,29)/t15-,24+/m0/s1. The zero-order chi connectivity index (χ0) is 21.0. The van der Waals surface area contributed by atoms with Gasteiger partial charge < -0.3 is 15.8 Å². The Labute approximate surface area is 173 Å². The number of nitrogens with one attached hydrogen (secondary N) is 1. The molecule has 2 aromatic carbocycles. The Hall–Kier alpha value is -3.85. The van der Waals surface area contributed by atoms with Gasteiger partial charge in [-0.15, -0.1) is 0 Å². The Balaban J connectivity index is 1.71. The van der Waals surface area contributed by atoms with Gasteiger partial charge in [0.15, 0.2) is 5.78 Å². The quantitative estimate of drug-likeness (QED) is 0.768. The fourth-order valence-electron chi connectivity index (χ4n) is 4.85. The Morgan fingerprint density at radius 2 is 1.87 bits per heavy atom. The molecular formula is C24H19N3O3. The number of carbonyl (C=O) groups is 2. The predicted molar refractivity (Wildman–Crippen MR) is 110 cm³/mol. The minimum absolute atomic E-state index is 0.0363. The van der Waals surface area contributed by atoms with Gasteiger partial charge in [-0.2, -0.15) is 5.26 Å². The van der Waals surface area contributed by atoms with Crippen molar-refractivity contribution in [1.29, 1.82) is 5.26 Å². The number of Topliss-reactive ketones (excluding diaryl/α,β-unsaturated/α-hetero) is 1. The Kier molecular flexibility index (Phi) is 3.84. The third kappa shape index (κ3) is 2.29. The molecule has 148 valence electrons. The highest BCUT2D eigenvalue weighted by Gasteiger charge is 2.60. The second kappa shape index (κ2) is 6.33. The highest BCUT2D eigenvalue weighted by molar-refractivity contribution is 6.19. The van der Waals surface area contributed by atoms with Crippen molar-refractivity contribution in [2.24, 2.45) is 5.73 Å². The molecule has 3 aliphatic rings. The van der Waals surface area contributed by atoms with Crippen LogP contribution in [0.25, 0.3) is 0 Å². The lowest BCUT2D eigenvalue weighted by Crippen LogP contribution is -2.47. The number of aryl methyl sites for hydroxylation is 1. The van der Waals surface area contributed by atoms with Crippen molar-refractivity contribution in [3.8, 4) is 6.07 Å². The molecule has 1 spiro atoms. The number of nitrogens with two attached hydrogens (primary N) is 1. The van der Waals surface area contributed by atoms with Crippen molar-refractivity contribution in [2.45, 2.75) is 31.1 Å². The zero-order valence-electron chi connectivity index (χ0n) is 16.4. The first-order valence-corrected chi connectivity index (χ1v) is 9.79. The van der Waals surface area contributed by atoms with Crippen LogP contribution in [0.3, 0.4) is 0 Å². The number of hydrogen-bond acceptors (Lipinski definition) is 5. The summed E-state index contributed by atoms with van der Waals surface area (Å²) >= 11 is 0. The average molecular weight is 397 g/mol. The molecule has 1 amide bonds. The number of benzene rings is 2. The second-order valence-corrected chi connectivity index (χ2v) is 7.94. The predicted octanol–water partition coefficient (Wildman–Crippen LogP) is 3.31. The fourth-order valence-corrected chi connectivity index (χ4v) is 4.85. The molecular weight excluding hydrogens is 378 g/mol. The van der Waals surface area contributed by atoms with E-state index in [9.17, 15) is 14.9 Å². The molecule has 0 saturated heterocycles. The van der Waals surface area contributed by atoms with E-state index in [1.165, 1.54) is 0 Å². The van der Waals surface area contributed by atoms with Gasteiger partial charge in [-0.25, -0.2) is 0 Å². The number of ether oxygens (including phenoxy) is 1. The van der Waals surface area contributed by atoms with Crippen LogP contribution in [0.5, 0.6) is 0 Å². The van der Waals surface area contributed by atoms with Gasteiger partial charge in [0, 0.05) is 24.1 Å². The number of hydrogen-bond donors (Lipinski definition) is 2. The SMILES string of the molecule is Cc1ccc([C@H]2CC(=O)C3=C(C2)OC(N)=C(C#N)[C@@]32C(=O)Nc3ccccc32)cc1. The largest absolute Gasteiger partial charge is 0.444 e. The summed E-state index contributed by atoms with van der Waals surface area (Å²) in [6.07, 6.45) is 0.668. The summed E-state index contributed by atoms with van der Waals surface area (Å²) < 4.78 is 5.80.